The molecule has 0 saturated heterocycles. The molecular formula is C16H17FN2O2S. The molecule has 1 heterocycles. The van der Waals surface area contributed by atoms with Crippen LogP contribution in [0.15, 0.2) is 47.6 Å². The van der Waals surface area contributed by atoms with Gasteiger partial charge in [-0.3, -0.25) is 4.79 Å². The number of amides is 1. The Hall–Kier alpha value is -1.92. The molecule has 2 rings (SSSR count). The second kappa shape index (κ2) is 6.89. The van der Waals surface area contributed by atoms with E-state index < -0.39 is 5.60 Å². The van der Waals surface area contributed by atoms with Crippen molar-refractivity contribution in [1.29, 1.82) is 0 Å². The van der Waals surface area contributed by atoms with Crippen LogP contribution in [-0.2, 0) is 5.60 Å². The van der Waals surface area contributed by atoms with Gasteiger partial charge in [-0.2, -0.15) is 0 Å². The van der Waals surface area contributed by atoms with Gasteiger partial charge in [0.05, 0.1) is 11.6 Å². The molecule has 0 aliphatic carbocycles. The Bertz CT molecular complexity index is 659. The smallest absolute Gasteiger partial charge is 0.251 e. The van der Waals surface area contributed by atoms with Crippen LogP contribution < -0.4 is 5.32 Å². The summed E-state index contributed by atoms with van der Waals surface area (Å²) in [7, 11) is 0. The average Bonchev–Trinajstić information content (AvgIpc) is 2.53. The quantitative estimate of drug-likeness (QED) is 0.831. The Morgan fingerprint density at radius 1 is 1.36 bits per heavy atom. The van der Waals surface area contributed by atoms with Crippen LogP contribution in [0.4, 0.5) is 4.39 Å². The van der Waals surface area contributed by atoms with E-state index in [1.165, 1.54) is 36.0 Å². The highest BCUT2D eigenvalue weighted by Crippen LogP contribution is 2.20. The van der Waals surface area contributed by atoms with Crippen molar-refractivity contribution in [3.05, 3.63) is 59.5 Å². The van der Waals surface area contributed by atoms with Crippen LogP contribution in [0.3, 0.4) is 0 Å². The van der Waals surface area contributed by atoms with E-state index in [0.29, 0.717) is 11.1 Å². The highest BCUT2D eigenvalue weighted by Gasteiger charge is 2.24. The molecule has 1 atom stereocenters. The number of halogens is 1. The summed E-state index contributed by atoms with van der Waals surface area (Å²) in [6.45, 7) is 1.59. The number of nitrogens with zero attached hydrogens (tertiary/aromatic N) is 1. The van der Waals surface area contributed by atoms with Crippen molar-refractivity contribution in [2.24, 2.45) is 0 Å². The lowest BCUT2D eigenvalue weighted by Gasteiger charge is -2.24. The number of pyridine rings is 1. The van der Waals surface area contributed by atoms with Crippen molar-refractivity contribution in [2.45, 2.75) is 17.6 Å². The molecule has 0 aliphatic rings. The lowest BCUT2D eigenvalue weighted by Crippen LogP contribution is -2.38. The molecule has 1 aromatic heterocycles. The standard InChI is InChI=1S/C16H17FN2O2S/c1-16(21,12-3-5-13(17)6-4-12)10-19-15(20)11-7-8-18-14(9-11)22-2/h3-9,21H,10H2,1-2H3,(H,19,20). The Labute approximate surface area is 132 Å². The predicted molar refractivity (Wildman–Crippen MR) is 84.3 cm³/mol. The number of hydrogen-bond donors (Lipinski definition) is 2. The van der Waals surface area contributed by atoms with Crippen LogP contribution in [0, 0.1) is 5.82 Å². The number of benzene rings is 1. The molecule has 0 aliphatic heterocycles. The number of aliphatic hydroxyl groups is 1. The Balaban J connectivity index is 2.04. The van der Waals surface area contributed by atoms with Crippen molar-refractivity contribution in [1.82, 2.24) is 10.3 Å². The maximum Gasteiger partial charge on any atom is 0.251 e. The van der Waals surface area contributed by atoms with Crippen LogP contribution in [0.2, 0.25) is 0 Å². The minimum atomic E-state index is -1.28. The number of thioether (sulfide) groups is 1. The molecule has 0 fully saturated rings. The maximum absolute atomic E-state index is 12.9. The molecule has 0 radical (unpaired) electrons. The molecular weight excluding hydrogens is 303 g/mol. The zero-order valence-corrected chi connectivity index (χ0v) is 13.2. The van der Waals surface area contributed by atoms with Crippen molar-refractivity contribution >= 4 is 17.7 Å². The summed E-state index contributed by atoms with van der Waals surface area (Å²) in [5.74, 6) is -0.662. The summed E-state index contributed by atoms with van der Waals surface area (Å²) in [6, 6.07) is 8.85. The van der Waals surface area contributed by atoms with Crippen LogP contribution in [-0.4, -0.2) is 28.8 Å². The first-order chi connectivity index (χ1) is 10.4. The van der Waals surface area contributed by atoms with Gasteiger partial charge in [0.2, 0.25) is 0 Å². The molecule has 0 bridgehead atoms. The molecule has 0 spiro atoms. The fraction of sp³-hybridized carbons (Fsp3) is 0.250. The second-order valence-electron chi connectivity index (χ2n) is 5.05. The van der Waals surface area contributed by atoms with Gasteiger partial charge in [-0.25, -0.2) is 9.37 Å². The maximum atomic E-state index is 12.9. The first-order valence-corrected chi connectivity index (χ1v) is 7.91. The third kappa shape index (κ3) is 4.05. The third-order valence-electron chi connectivity index (χ3n) is 3.27. The van der Waals surface area contributed by atoms with Gasteiger partial charge in [0.25, 0.3) is 5.91 Å². The Morgan fingerprint density at radius 3 is 2.68 bits per heavy atom. The van der Waals surface area contributed by atoms with E-state index in [2.05, 4.69) is 10.3 Å². The molecule has 116 valence electrons. The monoisotopic (exact) mass is 320 g/mol. The molecule has 4 nitrogen and oxygen atoms in total. The average molecular weight is 320 g/mol. The van der Waals surface area contributed by atoms with Gasteiger partial charge < -0.3 is 10.4 Å². The van der Waals surface area contributed by atoms with E-state index in [4.69, 9.17) is 0 Å². The topological polar surface area (TPSA) is 62.2 Å². The fourth-order valence-electron chi connectivity index (χ4n) is 1.93. The van der Waals surface area contributed by atoms with Gasteiger partial charge in [0, 0.05) is 11.8 Å². The SMILES string of the molecule is CSc1cc(C(=O)NCC(C)(O)c2ccc(F)cc2)ccn1. The van der Waals surface area contributed by atoms with Gasteiger partial charge in [0.15, 0.2) is 0 Å². The first-order valence-electron chi connectivity index (χ1n) is 6.69. The van der Waals surface area contributed by atoms with Crippen LogP contribution in [0.5, 0.6) is 0 Å². The lowest BCUT2D eigenvalue weighted by molar-refractivity contribution is 0.0526. The number of rotatable bonds is 5. The minimum absolute atomic E-state index is 0.0222. The van der Waals surface area contributed by atoms with Crippen LogP contribution in [0.1, 0.15) is 22.8 Å². The highest BCUT2D eigenvalue weighted by atomic mass is 32.2. The number of nitrogens with one attached hydrogen (secondary N) is 1. The fourth-order valence-corrected chi connectivity index (χ4v) is 2.34. The third-order valence-corrected chi connectivity index (χ3v) is 3.91. The summed E-state index contributed by atoms with van der Waals surface area (Å²) in [6.07, 6.45) is 3.45. The zero-order chi connectivity index (χ0) is 16.2. The number of aromatic nitrogens is 1. The lowest BCUT2D eigenvalue weighted by atomic mass is 9.96. The van der Waals surface area contributed by atoms with Gasteiger partial charge >= 0.3 is 0 Å². The predicted octanol–water partition coefficient (Wildman–Crippen LogP) is 2.58. The summed E-state index contributed by atoms with van der Waals surface area (Å²) >= 11 is 1.45. The summed E-state index contributed by atoms with van der Waals surface area (Å²) in [5, 5.41) is 13.9. The van der Waals surface area contributed by atoms with Gasteiger partial charge in [-0.1, -0.05) is 12.1 Å². The molecule has 1 aromatic carbocycles. The van der Waals surface area contributed by atoms with E-state index in [1.54, 1.807) is 25.3 Å². The second-order valence-corrected chi connectivity index (χ2v) is 5.88. The molecule has 1 unspecified atom stereocenters. The van der Waals surface area contributed by atoms with E-state index in [-0.39, 0.29) is 18.3 Å². The molecule has 1 amide bonds. The molecule has 2 aromatic rings. The highest BCUT2D eigenvalue weighted by molar-refractivity contribution is 7.98. The Kier molecular flexibility index (Phi) is 5.15. The molecule has 22 heavy (non-hydrogen) atoms. The number of carbonyl (C=O) groups excluding carboxylic acids is 1. The minimum Gasteiger partial charge on any atom is -0.384 e. The van der Waals surface area contributed by atoms with Gasteiger partial charge in [-0.05, 0) is 43.0 Å². The van der Waals surface area contributed by atoms with Crippen molar-refractivity contribution in [3.8, 4) is 0 Å². The number of hydrogen-bond acceptors (Lipinski definition) is 4. The molecule has 6 heteroatoms. The first kappa shape index (κ1) is 16.5. The normalized spacial score (nSPS) is 13.5. The van der Waals surface area contributed by atoms with Crippen molar-refractivity contribution in [2.75, 3.05) is 12.8 Å². The molecule has 2 N–H and O–H groups in total. The zero-order valence-electron chi connectivity index (χ0n) is 12.3. The van der Waals surface area contributed by atoms with Crippen molar-refractivity contribution < 1.29 is 14.3 Å². The van der Waals surface area contributed by atoms with E-state index >= 15 is 0 Å². The van der Waals surface area contributed by atoms with Gasteiger partial charge in [-0.15, -0.1) is 11.8 Å². The van der Waals surface area contributed by atoms with Gasteiger partial charge in [0.1, 0.15) is 11.4 Å². The van der Waals surface area contributed by atoms with Crippen molar-refractivity contribution in [3.63, 3.8) is 0 Å². The van der Waals surface area contributed by atoms with E-state index in [1.807, 2.05) is 6.26 Å². The summed E-state index contributed by atoms with van der Waals surface area (Å²) in [5.41, 5.74) is -0.262. The Morgan fingerprint density at radius 2 is 2.05 bits per heavy atom. The number of carbonyl (C=O) groups is 1. The van der Waals surface area contributed by atoms with Crippen LogP contribution >= 0.6 is 11.8 Å². The summed E-state index contributed by atoms with van der Waals surface area (Å²) < 4.78 is 12.9. The summed E-state index contributed by atoms with van der Waals surface area (Å²) in [4.78, 5) is 16.2. The van der Waals surface area contributed by atoms with E-state index in [0.717, 1.165) is 5.03 Å². The van der Waals surface area contributed by atoms with Crippen LogP contribution in [0.25, 0.3) is 0 Å². The molecule has 0 saturated carbocycles. The van der Waals surface area contributed by atoms with E-state index in [9.17, 15) is 14.3 Å². The largest absolute Gasteiger partial charge is 0.384 e.